The summed E-state index contributed by atoms with van der Waals surface area (Å²) in [6.07, 6.45) is 2.78. The number of hydrogen-bond donors (Lipinski definition) is 2. The quantitative estimate of drug-likeness (QED) is 0.706. The lowest BCUT2D eigenvalue weighted by molar-refractivity contribution is -0.0452. The third kappa shape index (κ3) is 3.85. The lowest BCUT2D eigenvalue weighted by atomic mass is 9.92. The molecule has 0 amide bonds. The zero-order valence-electron chi connectivity index (χ0n) is 15.8. The molecule has 1 aliphatic carbocycles. The normalized spacial score (nSPS) is 22.2. The highest BCUT2D eigenvalue weighted by Crippen LogP contribution is 2.41. The van der Waals surface area contributed by atoms with Gasteiger partial charge in [-0.1, -0.05) is 11.6 Å². The highest BCUT2D eigenvalue weighted by atomic mass is 35.5. The first-order chi connectivity index (χ1) is 13.3. The van der Waals surface area contributed by atoms with Gasteiger partial charge in [0.15, 0.2) is 5.82 Å². The Hall–Kier alpha value is -2.16. The first-order valence-corrected chi connectivity index (χ1v) is 9.86. The summed E-state index contributed by atoms with van der Waals surface area (Å²) in [6.45, 7) is 4.36. The van der Waals surface area contributed by atoms with Crippen molar-refractivity contribution in [3.63, 3.8) is 0 Å². The third-order valence-corrected chi connectivity index (χ3v) is 5.58. The zero-order valence-corrected chi connectivity index (χ0v) is 16.6. The predicted molar refractivity (Wildman–Crippen MR) is 103 cm³/mol. The van der Waals surface area contributed by atoms with Crippen molar-refractivity contribution < 1.29 is 13.5 Å². The van der Waals surface area contributed by atoms with E-state index < -0.39 is 5.92 Å². The van der Waals surface area contributed by atoms with Crippen LogP contribution in [0.3, 0.4) is 0 Å². The molecule has 1 fully saturated rings. The topological polar surface area (TPSA) is 76.9 Å². The van der Waals surface area contributed by atoms with Crippen LogP contribution in [0.25, 0.3) is 0 Å². The van der Waals surface area contributed by atoms with Crippen LogP contribution in [-0.2, 0) is 0 Å². The molecule has 2 aliphatic rings. The van der Waals surface area contributed by atoms with Gasteiger partial charge in [-0.25, -0.2) is 13.8 Å². The maximum absolute atomic E-state index is 13.5. The van der Waals surface area contributed by atoms with Crippen molar-refractivity contribution in [2.24, 2.45) is 0 Å². The second kappa shape index (κ2) is 7.35. The molecular weight excluding hydrogens is 390 g/mol. The lowest BCUT2D eigenvalue weighted by Crippen LogP contribution is -2.27. The lowest BCUT2D eigenvalue weighted by Gasteiger charge is -2.29. The van der Waals surface area contributed by atoms with Gasteiger partial charge in [-0.15, -0.1) is 5.10 Å². The highest BCUT2D eigenvalue weighted by Gasteiger charge is 2.37. The van der Waals surface area contributed by atoms with E-state index >= 15 is 0 Å². The van der Waals surface area contributed by atoms with E-state index in [-0.39, 0.29) is 24.9 Å². The van der Waals surface area contributed by atoms with Crippen LogP contribution in [-0.4, -0.2) is 38.3 Å². The van der Waals surface area contributed by atoms with E-state index in [1.807, 2.05) is 13.8 Å². The van der Waals surface area contributed by atoms with Crippen molar-refractivity contribution in [1.29, 1.82) is 0 Å². The molecule has 7 nitrogen and oxygen atoms in total. The van der Waals surface area contributed by atoms with Gasteiger partial charge in [0.2, 0.25) is 11.9 Å². The number of halogens is 3. The molecule has 3 heterocycles. The van der Waals surface area contributed by atoms with Gasteiger partial charge in [-0.05, 0) is 26.7 Å². The number of ether oxygens (including phenoxy) is 1. The van der Waals surface area contributed by atoms with E-state index in [4.69, 9.17) is 16.3 Å². The van der Waals surface area contributed by atoms with Crippen molar-refractivity contribution >= 4 is 29.1 Å². The van der Waals surface area contributed by atoms with E-state index in [9.17, 15) is 8.78 Å². The van der Waals surface area contributed by atoms with E-state index in [2.05, 4.69) is 25.7 Å². The Morgan fingerprint density at radius 3 is 2.79 bits per heavy atom. The Balaban J connectivity index is 1.67. The molecule has 0 radical (unpaired) electrons. The summed E-state index contributed by atoms with van der Waals surface area (Å²) in [5.41, 5.74) is 1.46. The average Bonchev–Trinajstić information content (AvgIpc) is 2.92. The van der Waals surface area contributed by atoms with Crippen LogP contribution in [0.1, 0.15) is 50.8 Å². The number of anilines is 3. The molecule has 0 saturated heterocycles. The summed E-state index contributed by atoms with van der Waals surface area (Å²) in [5, 5.41) is 11.5. The number of nitrogens with zero attached hydrogens (tertiary/aromatic N) is 4. The zero-order chi connectivity index (χ0) is 19.9. The monoisotopic (exact) mass is 412 g/mol. The molecule has 2 N–H and O–H groups in total. The number of hydrogen-bond acceptors (Lipinski definition) is 6. The first-order valence-electron chi connectivity index (χ1n) is 9.48. The molecular formula is C18H23ClF2N6O. The standard InChI is InChI=1S/C18H23ClF2N6O/c1-10-5-8-28-16-14(24-17-22-9-13(19)15(23-10)25-17)11(2)27(26-16)12-3-6-18(20,21)7-4-12/h9-10,12H,3-8H2,1-2H3,(H2,22,23,24,25)/t10-/m1/s1. The Kier molecular flexibility index (Phi) is 5.03. The Labute approximate surface area is 166 Å². The number of rotatable bonds is 1. The van der Waals surface area contributed by atoms with Crippen LogP contribution >= 0.6 is 11.6 Å². The van der Waals surface area contributed by atoms with E-state index in [0.717, 1.165) is 12.1 Å². The largest absolute Gasteiger partial charge is 0.475 e. The summed E-state index contributed by atoms with van der Waals surface area (Å²) in [6, 6.07) is 0.0123. The Morgan fingerprint density at radius 1 is 1.29 bits per heavy atom. The summed E-state index contributed by atoms with van der Waals surface area (Å²) < 4.78 is 34.8. The third-order valence-electron chi connectivity index (χ3n) is 5.30. The van der Waals surface area contributed by atoms with E-state index in [1.54, 1.807) is 4.68 Å². The minimum atomic E-state index is -2.58. The van der Waals surface area contributed by atoms with Crippen LogP contribution in [0.4, 0.5) is 26.2 Å². The van der Waals surface area contributed by atoms with Gasteiger partial charge in [0.1, 0.15) is 10.7 Å². The molecule has 0 unspecified atom stereocenters. The maximum atomic E-state index is 13.5. The van der Waals surface area contributed by atoms with Crippen LogP contribution in [0, 0.1) is 6.92 Å². The predicted octanol–water partition coefficient (Wildman–Crippen LogP) is 4.71. The van der Waals surface area contributed by atoms with E-state index in [1.165, 1.54) is 6.20 Å². The summed E-state index contributed by atoms with van der Waals surface area (Å²) >= 11 is 6.19. The fourth-order valence-corrected chi connectivity index (χ4v) is 3.79. The summed E-state index contributed by atoms with van der Waals surface area (Å²) in [7, 11) is 0. The van der Waals surface area contributed by atoms with Crippen molar-refractivity contribution in [2.45, 2.75) is 64.0 Å². The molecule has 4 rings (SSSR count). The second-order valence-corrected chi connectivity index (χ2v) is 7.90. The van der Waals surface area contributed by atoms with Gasteiger partial charge >= 0.3 is 0 Å². The van der Waals surface area contributed by atoms with Gasteiger partial charge in [-0.3, -0.25) is 4.68 Å². The Morgan fingerprint density at radius 2 is 2.04 bits per heavy atom. The number of aromatic nitrogens is 4. The van der Waals surface area contributed by atoms with Crippen LogP contribution in [0.2, 0.25) is 5.02 Å². The van der Waals surface area contributed by atoms with Gasteiger partial charge in [0, 0.05) is 25.3 Å². The molecule has 1 aliphatic heterocycles. The molecule has 10 heteroatoms. The van der Waals surface area contributed by atoms with Gasteiger partial charge in [0.25, 0.3) is 5.88 Å². The molecule has 2 aromatic rings. The molecule has 28 heavy (non-hydrogen) atoms. The second-order valence-electron chi connectivity index (χ2n) is 7.49. The number of alkyl halides is 2. The minimum Gasteiger partial charge on any atom is -0.475 e. The molecule has 1 saturated carbocycles. The minimum absolute atomic E-state index is 0.0762. The SMILES string of the molecule is Cc1c2c(nn1C1CCC(F)(F)CC1)OCC[C@@H](C)Nc1nc(ncc1Cl)N2. The molecule has 152 valence electrons. The fraction of sp³-hybridized carbons (Fsp3) is 0.611. The molecule has 1 atom stereocenters. The van der Waals surface area contributed by atoms with Crippen molar-refractivity contribution in [2.75, 3.05) is 17.2 Å². The van der Waals surface area contributed by atoms with Gasteiger partial charge in [0.05, 0.1) is 24.5 Å². The molecule has 2 aromatic heterocycles. The van der Waals surface area contributed by atoms with Crippen molar-refractivity contribution in [3.05, 3.63) is 16.9 Å². The highest BCUT2D eigenvalue weighted by molar-refractivity contribution is 6.32. The van der Waals surface area contributed by atoms with Crippen molar-refractivity contribution in [3.8, 4) is 5.88 Å². The van der Waals surface area contributed by atoms with Crippen LogP contribution < -0.4 is 15.4 Å². The van der Waals surface area contributed by atoms with Crippen LogP contribution in [0.5, 0.6) is 5.88 Å². The number of fused-ring (bicyclic) bond motifs is 3. The summed E-state index contributed by atoms with van der Waals surface area (Å²) in [5.74, 6) is -1.23. The van der Waals surface area contributed by atoms with Crippen LogP contribution in [0.15, 0.2) is 6.20 Å². The molecule has 0 spiro atoms. The average molecular weight is 413 g/mol. The fourth-order valence-electron chi connectivity index (χ4n) is 3.64. The smallest absolute Gasteiger partial charge is 0.257 e. The van der Waals surface area contributed by atoms with E-state index in [0.29, 0.717) is 47.8 Å². The number of nitrogens with one attached hydrogen (secondary N) is 2. The van der Waals surface area contributed by atoms with Gasteiger partial charge < -0.3 is 15.4 Å². The molecule has 0 aromatic carbocycles. The maximum Gasteiger partial charge on any atom is 0.257 e. The van der Waals surface area contributed by atoms with Gasteiger partial charge in [-0.2, -0.15) is 4.98 Å². The first kappa shape index (κ1) is 19.2. The molecule has 2 bridgehead atoms. The summed E-state index contributed by atoms with van der Waals surface area (Å²) in [4.78, 5) is 8.68. The Bertz CT molecular complexity index is 864. The van der Waals surface area contributed by atoms with Crippen molar-refractivity contribution in [1.82, 2.24) is 19.7 Å².